The van der Waals surface area contributed by atoms with E-state index in [1.165, 1.54) is 14.7 Å². The molecule has 0 aliphatic heterocycles. The number of rotatable bonds is 7. The van der Waals surface area contributed by atoms with Gasteiger partial charge in [-0.15, -0.1) is 0 Å². The second-order valence-electron chi connectivity index (χ2n) is 5.10. The lowest BCUT2D eigenvalue weighted by Gasteiger charge is -2.19. The van der Waals surface area contributed by atoms with Gasteiger partial charge in [-0.25, -0.2) is 0 Å². The van der Waals surface area contributed by atoms with E-state index in [4.69, 9.17) is 4.74 Å². The van der Waals surface area contributed by atoms with Crippen molar-refractivity contribution >= 4 is 22.6 Å². The molecule has 2 rings (SSSR count). The Bertz CT molecular complexity index is 553. The minimum absolute atomic E-state index is 0.423. The van der Waals surface area contributed by atoms with Crippen LogP contribution >= 0.6 is 22.6 Å². The Morgan fingerprint density at radius 3 is 2.43 bits per heavy atom. The third-order valence-electron chi connectivity index (χ3n) is 3.55. The van der Waals surface area contributed by atoms with Crippen molar-refractivity contribution in [2.45, 2.75) is 25.8 Å². The summed E-state index contributed by atoms with van der Waals surface area (Å²) in [4.78, 5) is 0. The first-order valence-electron chi connectivity index (χ1n) is 7.32. The molecular weight excluding hydrogens is 373 g/mol. The van der Waals surface area contributed by atoms with Crippen LogP contribution in [0.2, 0.25) is 0 Å². The molecule has 0 amide bonds. The number of ether oxygens (including phenoxy) is 1. The summed E-state index contributed by atoms with van der Waals surface area (Å²) in [6, 6.07) is 17.5. The maximum atomic E-state index is 5.46. The van der Waals surface area contributed by atoms with Crippen LogP contribution in [0.3, 0.4) is 0 Å². The van der Waals surface area contributed by atoms with Gasteiger partial charge in [0.2, 0.25) is 0 Å². The molecule has 0 saturated heterocycles. The molecule has 0 saturated carbocycles. The SMILES string of the molecule is CCNC(Cc1ccc(I)cc1)Cc1ccccc1OC. The number of nitrogens with one attached hydrogen (secondary N) is 1. The fraction of sp³-hybridized carbons (Fsp3) is 0.333. The highest BCUT2D eigenvalue weighted by atomic mass is 127. The molecule has 0 aliphatic carbocycles. The third kappa shape index (κ3) is 5.00. The summed E-state index contributed by atoms with van der Waals surface area (Å²) in [5.74, 6) is 0.975. The molecule has 0 heterocycles. The predicted molar refractivity (Wildman–Crippen MR) is 97.0 cm³/mol. The number of methoxy groups -OCH3 is 1. The maximum Gasteiger partial charge on any atom is 0.122 e. The van der Waals surface area contributed by atoms with E-state index < -0.39 is 0 Å². The molecule has 0 bridgehead atoms. The van der Waals surface area contributed by atoms with Gasteiger partial charge in [-0.3, -0.25) is 0 Å². The number of para-hydroxylation sites is 1. The van der Waals surface area contributed by atoms with Crippen molar-refractivity contribution in [3.63, 3.8) is 0 Å². The van der Waals surface area contributed by atoms with Crippen LogP contribution in [0.5, 0.6) is 5.75 Å². The van der Waals surface area contributed by atoms with E-state index in [2.05, 4.69) is 71.2 Å². The van der Waals surface area contributed by atoms with Gasteiger partial charge in [0.05, 0.1) is 7.11 Å². The topological polar surface area (TPSA) is 21.3 Å². The van der Waals surface area contributed by atoms with E-state index in [1.54, 1.807) is 7.11 Å². The highest BCUT2D eigenvalue weighted by molar-refractivity contribution is 14.1. The van der Waals surface area contributed by atoms with E-state index in [-0.39, 0.29) is 0 Å². The zero-order valence-corrected chi connectivity index (χ0v) is 14.8. The van der Waals surface area contributed by atoms with Crippen molar-refractivity contribution in [3.8, 4) is 5.75 Å². The van der Waals surface area contributed by atoms with Gasteiger partial charge in [0, 0.05) is 9.61 Å². The first kappa shape index (κ1) is 16.3. The third-order valence-corrected chi connectivity index (χ3v) is 4.27. The molecule has 112 valence electrons. The Morgan fingerprint density at radius 1 is 1.05 bits per heavy atom. The highest BCUT2D eigenvalue weighted by Crippen LogP contribution is 2.20. The number of benzene rings is 2. The van der Waals surface area contributed by atoms with Gasteiger partial charge >= 0.3 is 0 Å². The van der Waals surface area contributed by atoms with Crippen LogP contribution < -0.4 is 10.1 Å². The van der Waals surface area contributed by atoms with Crippen molar-refractivity contribution in [3.05, 3.63) is 63.2 Å². The smallest absolute Gasteiger partial charge is 0.122 e. The second-order valence-corrected chi connectivity index (χ2v) is 6.35. The minimum Gasteiger partial charge on any atom is -0.496 e. The van der Waals surface area contributed by atoms with Crippen LogP contribution in [0, 0.1) is 3.57 Å². The lowest BCUT2D eigenvalue weighted by molar-refractivity contribution is 0.404. The summed E-state index contributed by atoms with van der Waals surface area (Å²) in [6.45, 7) is 3.13. The number of likely N-dealkylation sites (N-methyl/N-ethyl adjacent to an activating group) is 1. The lowest BCUT2D eigenvalue weighted by atomic mass is 9.98. The molecule has 2 aromatic rings. The Kier molecular flexibility index (Phi) is 6.51. The quantitative estimate of drug-likeness (QED) is 0.714. The fourth-order valence-corrected chi connectivity index (χ4v) is 2.91. The van der Waals surface area contributed by atoms with Gasteiger partial charge in [0.25, 0.3) is 0 Å². The Balaban J connectivity index is 2.09. The van der Waals surface area contributed by atoms with Crippen LogP contribution in [0.25, 0.3) is 0 Å². The van der Waals surface area contributed by atoms with Gasteiger partial charge in [0.15, 0.2) is 0 Å². The summed E-state index contributed by atoms with van der Waals surface area (Å²) < 4.78 is 6.74. The zero-order valence-electron chi connectivity index (χ0n) is 12.6. The Hall–Kier alpha value is -1.07. The molecule has 0 fully saturated rings. The molecular formula is C18H22INO. The van der Waals surface area contributed by atoms with Crippen LogP contribution in [0.15, 0.2) is 48.5 Å². The van der Waals surface area contributed by atoms with Crippen LogP contribution in [0.4, 0.5) is 0 Å². The zero-order chi connectivity index (χ0) is 15.1. The van der Waals surface area contributed by atoms with Crippen LogP contribution in [0.1, 0.15) is 18.1 Å². The molecule has 0 spiro atoms. The van der Waals surface area contributed by atoms with Crippen molar-refractivity contribution in [1.82, 2.24) is 5.32 Å². The average molecular weight is 395 g/mol. The fourth-order valence-electron chi connectivity index (χ4n) is 2.55. The molecule has 0 radical (unpaired) electrons. The molecule has 0 aliphatic rings. The largest absolute Gasteiger partial charge is 0.496 e. The second kappa shape index (κ2) is 8.39. The highest BCUT2D eigenvalue weighted by Gasteiger charge is 2.12. The average Bonchev–Trinajstić information content (AvgIpc) is 2.50. The molecule has 0 aromatic heterocycles. The van der Waals surface area contributed by atoms with Gasteiger partial charge < -0.3 is 10.1 Å². The van der Waals surface area contributed by atoms with Crippen LogP contribution in [-0.2, 0) is 12.8 Å². The van der Waals surface area contributed by atoms with Crippen molar-refractivity contribution in [2.75, 3.05) is 13.7 Å². The van der Waals surface area contributed by atoms with Gasteiger partial charge in [-0.05, 0) is 71.3 Å². The maximum absolute atomic E-state index is 5.46. The summed E-state index contributed by atoms with van der Waals surface area (Å²) in [5, 5.41) is 3.59. The van der Waals surface area contributed by atoms with Crippen molar-refractivity contribution < 1.29 is 4.74 Å². The number of halogens is 1. The van der Waals surface area contributed by atoms with E-state index in [0.29, 0.717) is 6.04 Å². The van der Waals surface area contributed by atoms with E-state index in [0.717, 1.165) is 25.1 Å². The molecule has 1 unspecified atom stereocenters. The van der Waals surface area contributed by atoms with Gasteiger partial charge in [-0.2, -0.15) is 0 Å². The monoisotopic (exact) mass is 395 g/mol. The summed E-state index contributed by atoms with van der Waals surface area (Å²) >= 11 is 2.34. The summed E-state index contributed by atoms with van der Waals surface area (Å²) in [6.07, 6.45) is 2.01. The first-order chi connectivity index (χ1) is 10.2. The van der Waals surface area contributed by atoms with E-state index in [9.17, 15) is 0 Å². The molecule has 21 heavy (non-hydrogen) atoms. The standard InChI is InChI=1S/C18H22INO/c1-3-20-17(12-14-8-10-16(19)11-9-14)13-15-6-4-5-7-18(15)21-2/h4-11,17,20H,3,12-13H2,1-2H3. The first-order valence-corrected chi connectivity index (χ1v) is 8.40. The van der Waals surface area contributed by atoms with Crippen molar-refractivity contribution in [2.24, 2.45) is 0 Å². The van der Waals surface area contributed by atoms with Gasteiger partial charge in [-0.1, -0.05) is 37.3 Å². The van der Waals surface area contributed by atoms with E-state index in [1.807, 2.05) is 12.1 Å². The molecule has 1 atom stereocenters. The number of hydrogen-bond acceptors (Lipinski definition) is 2. The molecule has 1 N–H and O–H groups in total. The van der Waals surface area contributed by atoms with Crippen LogP contribution in [-0.4, -0.2) is 19.7 Å². The van der Waals surface area contributed by atoms with Crippen molar-refractivity contribution in [1.29, 1.82) is 0 Å². The Morgan fingerprint density at radius 2 is 1.76 bits per heavy atom. The summed E-state index contributed by atoms with van der Waals surface area (Å²) in [5.41, 5.74) is 2.63. The molecule has 3 heteroatoms. The molecule has 2 nitrogen and oxygen atoms in total. The summed E-state index contributed by atoms with van der Waals surface area (Å²) in [7, 11) is 1.74. The van der Waals surface area contributed by atoms with E-state index >= 15 is 0 Å². The predicted octanol–water partition coefficient (Wildman–Crippen LogP) is 4.06. The minimum atomic E-state index is 0.423. The van der Waals surface area contributed by atoms with Gasteiger partial charge in [0.1, 0.15) is 5.75 Å². The lowest BCUT2D eigenvalue weighted by Crippen LogP contribution is -2.33. The normalized spacial score (nSPS) is 12.1. The number of hydrogen-bond donors (Lipinski definition) is 1. The molecule has 2 aromatic carbocycles. The Labute approximate surface area is 141 Å².